The van der Waals surface area contributed by atoms with Crippen LogP contribution < -0.4 is 10.6 Å². The van der Waals surface area contributed by atoms with E-state index in [1.165, 1.54) is 0 Å². The van der Waals surface area contributed by atoms with Crippen molar-refractivity contribution in [2.75, 3.05) is 13.1 Å². The average molecular weight is 236 g/mol. The number of amides is 2. The van der Waals surface area contributed by atoms with E-state index >= 15 is 0 Å². The van der Waals surface area contributed by atoms with Gasteiger partial charge >= 0.3 is 18.0 Å². The van der Waals surface area contributed by atoms with Crippen molar-refractivity contribution in [3.05, 3.63) is 0 Å². The molecule has 16 heavy (non-hydrogen) atoms. The molecular weight excluding hydrogens is 224 g/mol. The largest absolute Gasteiger partial charge is 0.479 e. The summed E-state index contributed by atoms with van der Waals surface area (Å²) in [5, 5.41) is 37.7. The number of hydrogen-bond donors (Lipinski definition) is 6. The topological polar surface area (TPSA) is 156 Å². The van der Waals surface area contributed by atoms with Crippen LogP contribution in [-0.4, -0.2) is 63.7 Å². The highest BCUT2D eigenvalue weighted by Gasteiger charge is 2.29. The molecule has 1 rings (SSSR count). The van der Waals surface area contributed by atoms with Crippen LogP contribution in [0.4, 0.5) is 4.79 Å². The number of urea groups is 1. The van der Waals surface area contributed by atoms with E-state index in [0.717, 1.165) is 13.1 Å². The van der Waals surface area contributed by atoms with Crippen LogP contribution in [0, 0.1) is 0 Å². The fourth-order valence-electron chi connectivity index (χ4n) is 0.685. The highest BCUT2D eigenvalue weighted by Crippen LogP contribution is 1.92. The SMILES string of the molecule is O=C(O)[C@@H](O)[C@H](O)C(=O)O.O=C1NCCN1. The molecule has 9 heteroatoms. The van der Waals surface area contributed by atoms with E-state index in [-0.39, 0.29) is 6.03 Å². The van der Waals surface area contributed by atoms with Gasteiger partial charge in [0.25, 0.3) is 0 Å². The van der Waals surface area contributed by atoms with E-state index in [1.807, 2.05) is 0 Å². The fraction of sp³-hybridized carbons (Fsp3) is 0.571. The van der Waals surface area contributed by atoms with Gasteiger partial charge in [-0.25, -0.2) is 14.4 Å². The molecule has 1 aliphatic rings. The number of aliphatic carboxylic acids is 2. The summed E-state index contributed by atoms with van der Waals surface area (Å²) in [7, 11) is 0. The molecule has 0 saturated carbocycles. The van der Waals surface area contributed by atoms with E-state index in [4.69, 9.17) is 20.4 Å². The average Bonchev–Trinajstić information content (AvgIpc) is 2.67. The Kier molecular flexibility index (Phi) is 5.81. The molecule has 6 N–H and O–H groups in total. The zero-order chi connectivity index (χ0) is 12.7. The van der Waals surface area contributed by atoms with Crippen molar-refractivity contribution in [3.63, 3.8) is 0 Å². The van der Waals surface area contributed by atoms with Gasteiger partial charge in [-0.2, -0.15) is 0 Å². The van der Waals surface area contributed by atoms with Crippen LogP contribution >= 0.6 is 0 Å². The molecule has 0 aromatic rings. The highest BCUT2D eigenvalue weighted by molar-refractivity contribution is 5.83. The van der Waals surface area contributed by atoms with Crippen LogP contribution in [0.15, 0.2) is 0 Å². The summed E-state index contributed by atoms with van der Waals surface area (Å²) in [6.45, 7) is 1.55. The predicted octanol–water partition coefficient (Wildman–Crippen LogP) is -2.82. The fourth-order valence-corrected chi connectivity index (χ4v) is 0.685. The van der Waals surface area contributed by atoms with Crippen molar-refractivity contribution in [3.8, 4) is 0 Å². The van der Waals surface area contributed by atoms with Gasteiger partial charge in [0.1, 0.15) is 0 Å². The highest BCUT2D eigenvalue weighted by atomic mass is 16.4. The lowest BCUT2D eigenvalue weighted by Crippen LogP contribution is -2.39. The first-order valence-corrected chi connectivity index (χ1v) is 4.19. The number of carbonyl (C=O) groups excluding carboxylic acids is 1. The first-order valence-electron chi connectivity index (χ1n) is 4.19. The summed E-state index contributed by atoms with van der Waals surface area (Å²) >= 11 is 0. The summed E-state index contributed by atoms with van der Waals surface area (Å²) < 4.78 is 0. The second-order valence-electron chi connectivity index (χ2n) is 2.75. The van der Waals surface area contributed by atoms with Crippen molar-refractivity contribution in [2.24, 2.45) is 0 Å². The quantitative estimate of drug-likeness (QED) is 0.308. The van der Waals surface area contributed by atoms with E-state index in [9.17, 15) is 14.4 Å². The third kappa shape index (κ3) is 5.12. The summed E-state index contributed by atoms with van der Waals surface area (Å²) in [5.41, 5.74) is 0. The molecule has 0 aromatic carbocycles. The molecule has 2 amide bonds. The number of carboxylic acids is 2. The first-order chi connectivity index (χ1) is 7.36. The van der Waals surface area contributed by atoms with Gasteiger partial charge in [0, 0.05) is 13.1 Å². The molecule has 0 radical (unpaired) electrons. The number of aliphatic hydroxyl groups is 2. The third-order valence-corrected chi connectivity index (χ3v) is 1.50. The van der Waals surface area contributed by atoms with E-state index in [1.54, 1.807) is 0 Å². The summed E-state index contributed by atoms with van der Waals surface area (Å²) in [5.74, 6) is -3.54. The molecule has 1 heterocycles. The maximum Gasteiger partial charge on any atom is 0.335 e. The normalized spacial score (nSPS) is 17.2. The lowest BCUT2D eigenvalue weighted by atomic mass is 10.2. The molecule has 1 aliphatic heterocycles. The molecule has 0 spiro atoms. The second-order valence-corrected chi connectivity index (χ2v) is 2.75. The van der Waals surface area contributed by atoms with Gasteiger partial charge < -0.3 is 31.1 Å². The molecule has 0 bridgehead atoms. The minimum Gasteiger partial charge on any atom is -0.479 e. The summed E-state index contributed by atoms with van der Waals surface area (Å²) in [4.78, 5) is 29.6. The first kappa shape index (κ1) is 14.1. The minimum atomic E-state index is -2.27. The standard InChI is InChI=1S/C4H6O6.C3H6N2O/c5-1(3(7)8)2(6)4(9)10;6-3-4-1-2-5-3/h1-2,5-6H,(H,7,8)(H,9,10);1-2H2,(H2,4,5,6)/t1-,2-;/m0./s1. The van der Waals surface area contributed by atoms with Gasteiger partial charge in [0.05, 0.1) is 0 Å². The number of carboxylic acid groups (broad SMARTS) is 2. The number of rotatable bonds is 3. The van der Waals surface area contributed by atoms with Crippen molar-refractivity contribution >= 4 is 18.0 Å². The van der Waals surface area contributed by atoms with E-state index < -0.39 is 24.1 Å². The molecule has 0 aromatic heterocycles. The number of carbonyl (C=O) groups is 3. The summed E-state index contributed by atoms with van der Waals surface area (Å²) in [6.07, 6.45) is -4.53. The molecule has 1 fully saturated rings. The molecule has 1 saturated heterocycles. The van der Waals surface area contributed by atoms with Gasteiger partial charge in [0.2, 0.25) is 0 Å². The van der Waals surface area contributed by atoms with Crippen LogP contribution in [0.3, 0.4) is 0 Å². The van der Waals surface area contributed by atoms with Gasteiger partial charge in [-0.15, -0.1) is 0 Å². The van der Waals surface area contributed by atoms with Crippen molar-refractivity contribution in [1.82, 2.24) is 10.6 Å². The van der Waals surface area contributed by atoms with E-state index in [0.29, 0.717) is 0 Å². The van der Waals surface area contributed by atoms with Crippen LogP contribution in [0.5, 0.6) is 0 Å². The van der Waals surface area contributed by atoms with Gasteiger partial charge in [-0.3, -0.25) is 0 Å². The summed E-state index contributed by atoms with van der Waals surface area (Å²) in [6, 6.07) is -0.0463. The Hall–Kier alpha value is -1.87. The number of aliphatic hydroxyl groups excluding tert-OH is 2. The van der Waals surface area contributed by atoms with Crippen molar-refractivity contribution in [1.29, 1.82) is 0 Å². The van der Waals surface area contributed by atoms with Crippen molar-refractivity contribution in [2.45, 2.75) is 12.2 Å². The van der Waals surface area contributed by atoms with Crippen LogP contribution in [0.2, 0.25) is 0 Å². The Labute approximate surface area is 89.7 Å². The smallest absolute Gasteiger partial charge is 0.335 e. The molecule has 0 unspecified atom stereocenters. The molecule has 92 valence electrons. The van der Waals surface area contributed by atoms with Gasteiger partial charge in [0.15, 0.2) is 12.2 Å². The maximum atomic E-state index is 10.0. The Balaban J connectivity index is 0.000000315. The predicted molar refractivity (Wildman–Crippen MR) is 48.7 cm³/mol. The van der Waals surface area contributed by atoms with Crippen LogP contribution in [0.1, 0.15) is 0 Å². The van der Waals surface area contributed by atoms with E-state index in [2.05, 4.69) is 10.6 Å². The Morgan fingerprint density at radius 3 is 1.44 bits per heavy atom. The Morgan fingerprint density at radius 1 is 1.00 bits per heavy atom. The zero-order valence-corrected chi connectivity index (χ0v) is 8.08. The Morgan fingerprint density at radius 2 is 1.31 bits per heavy atom. The monoisotopic (exact) mass is 236 g/mol. The Bertz CT molecular complexity index is 254. The molecule has 0 aliphatic carbocycles. The third-order valence-electron chi connectivity index (χ3n) is 1.50. The number of hydrogen-bond acceptors (Lipinski definition) is 5. The maximum absolute atomic E-state index is 10.0. The molecule has 2 atom stereocenters. The minimum absolute atomic E-state index is 0.0463. The number of nitrogens with one attached hydrogen (secondary N) is 2. The van der Waals surface area contributed by atoms with Crippen molar-refractivity contribution < 1.29 is 34.8 Å². The second kappa shape index (κ2) is 6.58. The zero-order valence-electron chi connectivity index (χ0n) is 8.08. The van der Waals surface area contributed by atoms with Crippen LogP contribution in [0.25, 0.3) is 0 Å². The lowest BCUT2D eigenvalue weighted by Gasteiger charge is -2.07. The van der Waals surface area contributed by atoms with Gasteiger partial charge in [-0.1, -0.05) is 0 Å². The van der Waals surface area contributed by atoms with Gasteiger partial charge in [-0.05, 0) is 0 Å². The van der Waals surface area contributed by atoms with Crippen LogP contribution in [-0.2, 0) is 9.59 Å². The molecule has 9 nitrogen and oxygen atoms in total. The molecular formula is C7H12N2O7. The lowest BCUT2D eigenvalue weighted by molar-refractivity contribution is -0.165.